The van der Waals surface area contributed by atoms with Gasteiger partial charge in [0.05, 0.1) is 6.54 Å². The van der Waals surface area contributed by atoms with Crippen LogP contribution in [0.1, 0.15) is 16.8 Å². The molecule has 3 aromatic rings. The number of allylic oxidation sites excluding steroid dienone is 1. The molecule has 0 aliphatic carbocycles. The third-order valence-corrected chi connectivity index (χ3v) is 4.52. The minimum Gasteiger partial charge on any atom is -0.404 e. The zero-order chi connectivity index (χ0) is 21.3. The van der Waals surface area contributed by atoms with Crippen LogP contribution in [0.15, 0.2) is 83.6 Å². The molecule has 0 aliphatic rings. The van der Waals surface area contributed by atoms with E-state index in [1.54, 1.807) is 18.4 Å². The molecule has 1 heterocycles. The smallest absolute Gasteiger partial charge is 0.127 e. The first-order chi connectivity index (χ1) is 14.7. The number of rotatable bonds is 8. The molecule has 0 saturated heterocycles. The third-order valence-electron chi connectivity index (χ3n) is 4.52. The van der Waals surface area contributed by atoms with E-state index < -0.39 is 0 Å². The summed E-state index contributed by atoms with van der Waals surface area (Å²) in [6, 6.07) is 15.9. The van der Waals surface area contributed by atoms with Crippen LogP contribution in [-0.2, 0) is 6.54 Å². The van der Waals surface area contributed by atoms with E-state index in [4.69, 9.17) is 11.1 Å². The van der Waals surface area contributed by atoms with Crippen LogP contribution in [0.4, 0.5) is 5.69 Å². The number of nitrogens with two attached hydrogens (primary N) is 1. The quantitative estimate of drug-likeness (QED) is 0.318. The topological polar surface area (TPSA) is 102 Å². The molecule has 0 amide bonds. The van der Waals surface area contributed by atoms with Crippen LogP contribution >= 0.6 is 0 Å². The molecule has 1 aromatic heterocycles. The summed E-state index contributed by atoms with van der Waals surface area (Å²) in [5, 5.41) is 11.8. The molecule has 0 unspecified atom stereocenters. The number of H-pyrrole nitrogens is 1. The Hall–Kier alpha value is -4.19. The Bertz CT molecular complexity index is 1150. The number of aliphatic imine (C=N–C) groups is 2. The minimum atomic E-state index is 0.508. The van der Waals surface area contributed by atoms with Crippen molar-refractivity contribution in [2.45, 2.75) is 6.54 Å². The van der Waals surface area contributed by atoms with Gasteiger partial charge in [-0.25, -0.2) is 0 Å². The Morgan fingerprint density at radius 2 is 1.97 bits per heavy atom. The minimum absolute atomic E-state index is 0.508. The standard InChI is InChI=1S/C24H24N6/c1-3-21-13-19-5-4-17(12-23(19)29-21)16-28-24(10-11-27-2)30-22-8-6-18(7-9-22)20(14-25)15-26/h3-15,25,29H,1-2,16,26H2,(H,28,30)/b11-10-,20-15+,25-14?. The van der Waals surface area contributed by atoms with E-state index in [0.29, 0.717) is 18.0 Å². The van der Waals surface area contributed by atoms with Crippen molar-refractivity contribution in [2.24, 2.45) is 15.7 Å². The van der Waals surface area contributed by atoms with Crippen molar-refractivity contribution in [3.63, 3.8) is 0 Å². The van der Waals surface area contributed by atoms with Crippen LogP contribution in [0.25, 0.3) is 22.6 Å². The van der Waals surface area contributed by atoms with Crippen LogP contribution in [0.5, 0.6) is 0 Å². The van der Waals surface area contributed by atoms with E-state index in [-0.39, 0.29) is 0 Å². The molecular formula is C24H24N6. The van der Waals surface area contributed by atoms with Gasteiger partial charge < -0.3 is 21.4 Å². The van der Waals surface area contributed by atoms with Crippen molar-refractivity contribution in [1.29, 1.82) is 5.41 Å². The lowest BCUT2D eigenvalue weighted by Gasteiger charge is -2.08. The zero-order valence-corrected chi connectivity index (χ0v) is 16.6. The fourth-order valence-corrected chi connectivity index (χ4v) is 2.96. The third kappa shape index (κ3) is 4.99. The molecule has 150 valence electrons. The Kier molecular flexibility index (Phi) is 6.74. The zero-order valence-electron chi connectivity index (χ0n) is 16.6. The monoisotopic (exact) mass is 396 g/mol. The number of amidine groups is 1. The first-order valence-electron chi connectivity index (χ1n) is 9.37. The van der Waals surface area contributed by atoms with Gasteiger partial charge in [-0.2, -0.15) is 0 Å². The molecular weight excluding hydrogens is 372 g/mol. The number of hydrogen-bond donors (Lipinski definition) is 4. The van der Waals surface area contributed by atoms with E-state index in [1.165, 1.54) is 12.4 Å². The molecule has 5 N–H and O–H groups in total. The van der Waals surface area contributed by atoms with Gasteiger partial charge in [0.1, 0.15) is 5.84 Å². The lowest BCUT2D eigenvalue weighted by atomic mass is 10.1. The maximum Gasteiger partial charge on any atom is 0.127 e. The van der Waals surface area contributed by atoms with Crippen molar-refractivity contribution >= 4 is 47.0 Å². The van der Waals surface area contributed by atoms with Gasteiger partial charge >= 0.3 is 0 Å². The Labute approximate surface area is 175 Å². The van der Waals surface area contributed by atoms with Crippen LogP contribution in [-0.4, -0.2) is 23.8 Å². The molecule has 0 saturated carbocycles. The lowest BCUT2D eigenvalue weighted by molar-refractivity contribution is 1.07. The maximum absolute atomic E-state index is 7.40. The van der Waals surface area contributed by atoms with Gasteiger partial charge in [-0.05, 0) is 54.3 Å². The van der Waals surface area contributed by atoms with Crippen LogP contribution in [0.2, 0.25) is 0 Å². The summed E-state index contributed by atoms with van der Waals surface area (Å²) in [6.45, 7) is 7.79. The number of aromatic nitrogens is 1. The van der Waals surface area contributed by atoms with E-state index in [1.807, 2.05) is 24.3 Å². The number of fused-ring (bicyclic) bond motifs is 1. The summed E-state index contributed by atoms with van der Waals surface area (Å²) in [6.07, 6.45) is 7.81. The van der Waals surface area contributed by atoms with Crippen molar-refractivity contribution in [1.82, 2.24) is 4.98 Å². The highest BCUT2D eigenvalue weighted by Crippen LogP contribution is 2.19. The summed E-state index contributed by atoms with van der Waals surface area (Å²) < 4.78 is 0. The highest BCUT2D eigenvalue weighted by molar-refractivity contribution is 6.08. The predicted octanol–water partition coefficient (Wildman–Crippen LogP) is 4.98. The van der Waals surface area contributed by atoms with Gasteiger partial charge in [-0.1, -0.05) is 30.8 Å². The second kappa shape index (κ2) is 9.84. The molecule has 0 fully saturated rings. The molecule has 0 bridgehead atoms. The van der Waals surface area contributed by atoms with E-state index in [9.17, 15) is 0 Å². The van der Waals surface area contributed by atoms with Crippen molar-refractivity contribution < 1.29 is 0 Å². The van der Waals surface area contributed by atoms with Gasteiger partial charge in [0.15, 0.2) is 0 Å². The second-order valence-corrected chi connectivity index (χ2v) is 6.52. The first kappa shape index (κ1) is 20.5. The van der Waals surface area contributed by atoms with Gasteiger partial charge in [0, 0.05) is 46.5 Å². The normalized spacial score (nSPS) is 12.3. The number of hydrogen-bond acceptors (Lipinski definition) is 4. The predicted molar refractivity (Wildman–Crippen MR) is 129 cm³/mol. The van der Waals surface area contributed by atoms with E-state index in [2.05, 4.69) is 57.8 Å². The average Bonchev–Trinajstić information content (AvgIpc) is 3.20. The summed E-state index contributed by atoms with van der Waals surface area (Å²) in [4.78, 5) is 11.8. The Morgan fingerprint density at radius 1 is 1.17 bits per heavy atom. The van der Waals surface area contributed by atoms with Crippen molar-refractivity contribution in [2.75, 3.05) is 5.32 Å². The van der Waals surface area contributed by atoms with Crippen LogP contribution in [0, 0.1) is 5.41 Å². The van der Waals surface area contributed by atoms with Gasteiger partial charge in [0.2, 0.25) is 0 Å². The molecule has 0 radical (unpaired) electrons. The van der Waals surface area contributed by atoms with Gasteiger partial charge in [-0.15, -0.1) is 0 Å². The first-order valence-corrected chi connectivity index (χ1v) is 9.37. The maximum atomic E-state index is 7.40. The molecule has 30 heavy (non-hydrogen) atoms. The number of benzene rings is 2. The fraction of sp³-hybridized carbons (Fsp3) is 0.0417. The van der Waals surface area contributed by atoms with Crippen molar-refractivity contribution in [3.8, 4) is 0 Å². The summed E-state index contributed by atoms with van der Waals surface area (Å²) >= 11 is 0. The highest BCUT2D eigenvalue weighted by atomic mass is 15.0. The largest absolute Gasteiger partial charge is 0.404 e. The van der Waals surface area contributed by atoms with Crippen LogP contribution in [0.3, 0.4) is 0 Å². The summed E-state index contributed by atoms with van der Waals surface area (Å²) in [5.41, 5.74) is 11.1. The summed E-state index contributed by atoms with van der Waals surface area (Å²) in [5.74, 6) is 0.662. The molecule has 3 rings (SSSR count). The fourth-order valence-electron chi connectivity index (χ4n) is 2.96. The Balaban J connectivity index is 1.79. The van der Waals surface area contributed by atoms with Gasteiger partial charge in [0.25, 0.3) is 0 Å². The molecule has 0 spiro atoms. The molecule has 0 aliphatic heterocycles. The average molecular weight is 396 g/mol. The van der Waals surface area contributed by atoms with E-state index >= 15 is 0 Å². The number of nitrogens with one attached hydrogen (secondary N) is 3. The van der Waals surface area contributed by atoms with Crippen LogP contribution < -0.4 is 11.1 Å². The number of aromatic amines is 1. The Morgan fingerprint density at radius 3 is 2.63 bits per heavy atom. The van der Waals surface area contributed by atoms with Gasteiger partial charge in [-0.3, -0.25) is 9.98 Å². The van der Waals surface area contributed by atoms with Crippen molar-refractivity contribution in [3.05, 3.63) is 90.4 Å². The molecule has 6 nitrogen and oxygen atoms in total. The molecule has 0 atom stereocenters. The lowest BCUT2D eigenvalue weighted by Crippen LogP contribution is -2.09. The van der Waals surface area contributed by atoms with E-state index in [0.717, 1.165) is 33.4 Å². The number of nitrogens with zero attached hydrogens (tertiary/aromatic N) is 2. The number of anilines is 1. The summed E-state index contributed by atoms with van der Waals surface area (Å²) in [7, 11) is 0. The SMILES string of the molecule is C=Cc1cc2ccc(C/N=C(\C=C/N=C)Nc3ccc(/C(C=N)=C/N)cc3)cc2[nH]1. The second-order valence-electron chi connectivity index (χ2n) is 6.52. The molecule has 2 aromatic carbocycles. The molecule has 6 heteroatoms. The highest BCUT2D eigenvalue weighted by Gasteiger charge is 2.03.